The van der Waals surface area contributed by atoms with Crippen molar-refractivity contribution in [3.8, 4) is 0 Å². The lowest BCUT2D eigenvalue weighted by Gasteiger charge is -2.34. The van der Waals surface area contributed by atoms with E-state index in [2.05, 4.69) is 5.32 Å². The van der Waals surface area contributed by atoms with Crippen LogP contribution in [-0.2, 0) is 44.5 Å². The number of ether oxygens (including phenoxy) is 5. The molecule has 0 radical (unpaired) electrons. The first-order chi connectivity index (χ1) is 24.4. The molecule has 0 spiro atoms. The molecule has 1 aliphatic carbocycles. The first-order valence-electron chi connectivity index (χ1n) is 17.0. The van der Waals surface area contributed by atoms with Gasteiger partial charge in [-0.2, -0.15) is 0 Å². The van der Waals surface area contributed by atoms with Crippen molar-refractivity contribution in [2.75, 3.05) is 33.7 Å². The molecular formula is C38H48N2O11. The number of carbonyl (C=O) groups is 4. The average molecular weight is 709 g/mol. The van der Waals surface area contributed by atoms with Gasteiger partial charge in [-0.3, -0.25) is 14.4 Å². The summed E-state index contributed by atoms with van der Waals surface area (Å²) in [5.41, 5.74) is 1.21. The van der Waals surface area contributed by atoms with Gasteiger partial charge in [0.05, 0.1) is 31.1 Å². The van der Waals surface area contributed by atoms with Crippen molar-refractivity contribution >= 4 is 29.8 Å². The molecule has 4 rings (SSSR count). The largest absolute Gasteiger partial charge is 0.499 e. The van der Waals surface area contributed by atoms with Gasteiger partial charge in [0.15, 0.2) is 0 Å². The summed E-state index contributed by atoms with van der Waals surface area (Å²) in [7, 11) is 1.52. The Morgan fingerprint density at radius 1 is 1.04 bits per heavy atom. The molecule has 13 heteroatoms. The molecule has 1 fully saturated rings. The van der Waals surface area contributed by atoms with Crippen LogP contribution in [0, 0.1) is 0 Å². The van der Waals surface area contributed by atoms with E-state index < -0.39 is 66.4 Å². The van der Waals surface area contributed by atoms with Crippen molar-refractivity contribution in [3.05, 3.63) is 89.2 Å². The normalized spacial score (nSPS) is 19.7. The van der Waals surface area contributed by atoms with Gasteiger partial charge in [-0.25, -0.2) is 4.79 Å². The number of hydrogen-bond donors (Lipinski definition) is 3. The van der Waals surface area contributed by atoms with Gasteiger partial charge in [0, 0.05) is 31.9 Å². The fourth-order valence-corrected chi connectivity index (χ4v) is 5.79. The predicted molar refractivity (Wildman–Crippen MR) is 186 cm³/mol. The molecule has 0 bridgehead atoms. The number of aliphatic hydroxyl groups is 2. The molecule has 0 saturated carbocycles. The molecule has 13 nitrogen and oxygen atoms in total. The van der Waals surface area contributed by atoms with Crippen LogP contribution in [0.1, 0.15) is 61.5 Å². The highest BCUT2D eigenvalue weighted by Crippen LogP contribution is 2.32. The molecule has 1 saturated heterocycles. The van der Waals surface area contributed by atoms with E-state index in [4.69, 9.17) is 28.8 Å². The fraction of sp³-hybridized carbons (Fsp3) is 0.474. The van der Waals surface area contributed by atoms with Crippen molar-refractivity contribution in [3.63, 3.8) is 0 Å². The summed E-state index contributed by atoms with van der Waals surface area (Å²) in [4.78, 5) is 55.1. The number of amides is 2. The summed E-state index contributed by atoms with van der Waals surface area (Å²) in [6, 6.07) is 14.2. The standard InChI is InChI=1S/C38H48N2O11/c1-38(2,3)51-33(43)15-14-28(23-42)39-35(44)30(20-25-10-6-5-7-11-25)40(4)36(45)27-21-31-34(49-24-48-31)32(22-27)50-37(46)29-13-9-8-12-26(29)16-18-47-19-17-41/h5-13,16,18,21,28,30-32,34,41-42H,14-15,17,19-20,22-24H2,1-4H3,(H,39,44). The van der Waals surface area contributed by atoms with Crippen LogP contribution in [0.25, 0.3) is 6.08 Å². The van der Waals surface area contributed by atoms with Crippen molar-refractivity contribution in [1.82, 2.24) is 10.2 Å². The van der Waals surface area contributed by atoms with Gasteiger partial charge < -0.3 is 44.1 Å². The van der Waals surface area contributed by atoms with Gasteiger partial charge in [0.25, 0.3) is 0 Å². The molecule has 2 aromatic rings. The van der Waals surface area contributed by atoms with Crippen molar-refractivity contribution in [1.29, 1.82) is 0 Å². The number of benzene rings is 2. The number of aliphatic hydroxyl groups excluding tert-OH is 2. The summed E-state index contributed by atoms with van der Waals surface area (Å²) >= 11 is 0. The lowest BCUT2D eigenvalue weighted by molar-refractivity contribution is -0.155. The maximum atomic E-state index is 14.1. The van der Waals surface area contributed by atoms with Gasteiger partial charge in [0.1, 0.15) is 43.4 Å². The second-order valence-corrected chi connectivity index (χ2v) is 13.3. The first kappa shape index (κ1) is 39.2. The molecular weight excluding hydrogens is 660 g/mol. The smallest absolute Gasteiger partial charge is 0.339 e. The molecule has 0 aromatic heterocycles. The van der Waals surface area contributed by atoms with E-state index in [0.717, 1.165) is 5.56 Å². The summed E-state index contributed by atoms with van der Waals surface area (Å²) in [5, 5.41) is 21.8. The Balaban J connectivity index is 1.51. The van der Waals surface area contributed by atoms with E-state index in [1.807, 2.05) is 30.3 Å². The number of fused-ring (bicyclic) bond motifs is 1. The van der Waals surface area contributed by atoms with Gasteiger partial charge in [-0.15, -0.1) is 0 Å². The molecule has 1 aliphatic heterocycles. The maximum absolute atomic E-state index is 14.1. The minimum absolute atomic E-state index is 0.00584. The highest BCUT2D eigenvalue weighted by Gasteiger charge is 2.44. The zero-order chi connectivity index (χ0) is 37.0. The molecule has 1 heterocycles. The van der Waals surface area contributed by atoms with Gasteiger partial charge >= 0.3 is 11.9 Å². The Labute approximate surface area is 298 Å². The molecule has 276 valence electrons. The second-order valence-electron chi connectivity index (χ2n) is 13.3. The highest BCUT2D eigenvalue weighted by molar-refractivity contribution is 5.98. The highest BCUT2D eigenvalue weighted by atomic mass is 16.7. The lowest BCUT2D eigenvalue weighted by Crippen LogP contribution is -2.53. The molecule has 2 amide bonds. The van der Waals surface area contributed by atoms with Crippen LogP contribution in [0.15, 0.2) is 72.5 Å². The maximum Gasteiger partial charge on any atom is 0.339 e. The number of nitrogens with one attached hydrogen (secondary N) is 1. The zero-order valence-electron chi connectivity index (χ0n) is 29.5. The Hall–Kier alpha value is -4.56. The quantitative estimate of drug-likeness (QED) is 0.133. The Morgan fingerprint density at radius 2 is 1.76 bits per heavy atom. The number of hydrogen-bond acceptors (Lipinski definition) is 11. The Morgan fingerprint density at radius 3 is 2.47 bits per heavy atom. The van der Waals surface area contributed by atoms with Crippen LogP contribution in [-0.4, -0.2) is 109 Å². The SMILES string of the molecule is CN(C(=O)C1=CC2OCOC2C(OC(=O)c2ccccc2C=COCCO)C1)C(Cc1ccccc1)C(=O)NC(CO)CCC(=O)OC(C)(C)C. The van der Waals surface area contributed by atoms with E-state index in [1.54, 1.807) is 57.2 Å². The summed E-state index contributed by atoms with van der Waals surface area (Å²) in [5.74, 6) is -2.07. The molecule has 5 atom stereocenters. The molecule has 3 N–H and O–H groups in total. The molecule has 2 aromatic carbocycles. The van der Waals surface area contributed by atoms with Crippen molar-refractivity contribution in [2.24, 2.45) is 0 Å². The summed E-state index contributed by atoms with van der Waals surface area (Å²) in [6.45, 7) is 4.75. The fourth-order valence-electron chi connectivity index (χ4n) is 5.79. The molecule has 5 unspecified atom stereocenters. The third-order valence-corrected chi connectivity index (χ3v) is 8.31. The average Bonchev–Trinajstić information content (AvgIpc) is 3.59. The monoisotopic (exact) mass is 708 g/mol. The first-order valence-corrected chi connectivity index (χ1v) is 17.0. The number of rotatable bonds is 16. The minimum atomic E-state index is -0.998. The molecule has 2 aliphatic rings. The lowest BCUT2D eigenvalue weighted by atomic mass is 9.90. The third kappa shape index (κ3) is 11.5. The van der Waals surface area contributed by atoms with Crippen LogP contribution in [0.5, 0.6) is 0 Å². The predicted octanol–water partition coefficient (Wildman–Crippen LogP) is 2.93. The zero-order valence-corrected chi connectivity index (χ0v) is 29.5. The molecule has 51 heavy (non-hydrogen) atoms. The topological polar surface area (TPSA) is 170 Å². The van der Waals surface area contributed by atoms with E-state index in [-0.39, 0.29) is 56.8 Å². The number of carbonyl (C=O) groups excluding carboxylic acids is 4. The van der Waals surface area contributed by atoms with E-state index >= 15 is 0 Å². The van der Waals surface area contributed by atoms with Crippen molar-refractivity contribution < 1.29 is 53.1 Å². The Bertz CT molecular complexity index is 1550. The van der Waals surface area contributed by atoms with Gasteiger partial charge in [-0.05, 0) is 56.5 Å². The second kappa shape index (κ2) is 18.6. The van der Waals surface area contributed by atoms with Gasteiger partial charge in [0.2, 0.25) is 11.8 Å². The Kier molecular flexibility index (Phi) is 14.3. The van der Waals surface area contributed by atoms with Crippen LogP contribution in [0.2, 0.25) is 0 Å². The van der Waals surface area contributed by atoms with Crippen LogP contribution in [0.3, 0.4) is 0 Å². The minimum Gasteiger partial charge on any atom is -0.499 e. The van der Waals surface area contributed by atoms with Crippen molar-refractivity contribution in [2.45, 2.75) is 82.5 Å². The number of esters is 2. The van der Waals surface area contributed by atoms with Gasteiger partial charge in [-0.1, -0.05) is 48.5 Å². The number of nitrogens with zero attached hydrogens (tertiary/aromatic N) is 1. The van der Waals surface area contributed by atoms with E-state index in [0.29, 0.717) is 5.56 Å². The summed E-state index contributed by atoms with van der Waals surface area (Å²) in [6.07, 6.45) is 2.72. The summed E-state index contributed by atoms with van der Waals surface area (Å²) < 4.78 is 28.0. The van der Waals surface area contributed by atoms with E-state index in [9.17, 15) is 24.3 Å². The van der Waals surface area contributed by atoms with E-state index in [1.165, 1.54) is 18.2 Å². The van der Waals surface area contributed by atoms with Crippen LogP contribution < -0.4 is 5.32 Å². The van der Waals surface area contributed by atoms with Crippen LogP contribution >= 0.6 is 0 Å². The third-order valence-electron chi connectivity index (χ3n) is 8.31. The van der Waals surface area contributed by atoms with Crippen LogP contribution in [0.4, 0.5) is 0 Å². The number of likely N-dealkylation sites (N-methyl/N-ethyl adjacent to an activating group) is 1.